The van der Waals surface area contributed by atoms with Crippen molar-refractivity contribution < 1.29 is 27.4 Å². The van der Waals surface area contributed by atoms with Gasteiger partial charge < -0.3 is 19.1 Å². The maximum Gasteiger partial charge on any atom is 0.257 e. The van der Waals surface area contributed by atoms with Gasteiger partial charge in [0, 0.05) is 19.1 Å². The van der Waals surface area contributed by atoms with E-state index in [4.69, 9.17) is 14.2 Å². The predicted octanol–water partition coefficient (Wildman–Crippen LogP) is 2.91. The summed E-state index contributed by atoms with van der Waals surface area (Å²) in [6.07, 6.45) is 0.556. The molecule has 174 valence electrons. The largest absolute Gasteiger partial charge is 0.496 e. The van der Waals surface area contributed by atoms with Crippen LogP contribution in [0, 0.1) is 6.92 Å². The van der Waals surface area contributed by atoms with Crippen molar-refractivity contribution in [3.8, 4) is 11.5 Å². The van der Waals surface area contributed by atoms with Gasteiger partial charge in [0.15, 0.2) is 0 Å². The second kappa shape index (κ2) is 10.3. The minimum Gasteiger partial charge on any atom is -0.496 e. The minimum atomic E-state index is -3.89. The first-order valence-corrected chi connectivity index (χ1v) is 12.0. The fourth-order valence-electron chi connectivity index (χ4n) is 3.72. The summed E-state index contributed by atoms with van der Waals surface area (Å²) in [6, 6.07) is 9.51. The average Bonchev–Trinajstić information content (AvgIpc) is 2.82. The molecule has 9 heteroatoms. The van der Waals surface area contributed by atoms with Crippen molar-refractivity contribution in [2.75, 3.05) is 40.5 Å². The second-order valence-electron chi connectivity index (χ2n) is 7.58. The van der Waals surface area contributed by atoms with E-state index in [1.807, 2.05) is 32.0 Å². The summed E-state index contributed by atoms with van der Waals surface area (Å²) >= 11 is 0. The quantitative estimate of drug-likeness (QED) is 0.648. The number of methoxy groups -OCH3 is 2. The van der Waals surface area contributed by atoms with Crippen molar-refractivity contribution in [2.45, 2.75) is 31.2 Å². The molecule has 1 saturated heterocycles. The molecule has 1 fully saturated rings. The lowest BCUT2D eigenvalue weighted by molar-refractivity contribution is 0.0300. The predicted molar refractivity (Wildman–Crippen MR) is 121 cm³/mol. The average molecular weight is 463 g/mol. The molecule has 0 saturated carbocycles. The van der Waals surface area contributed by atoms with Gasteiger partial charge >= 0.3 is 0 Å². The minimum absolute atomic E-state index is 0.0126. The number of nitrogens with one attached hydrogen (secondary N) is 1. The van der Waals surface area contributed by atoms with Crippen molar-refractivity contribution in [1.29, 1.82) is 0 Å². The number of ether oxygens (including phenoxy) is 3. The molecule has 1 amide bonds. The van der Waals surface area contributed by atoms with E-state index in [0.29, 0.717) is 38.5 Å². The summed E-state index contributed by atoms with van der Waals surface area (Å²) in [7, 11) is -0.838. The van der Waals surface area contributed by atoms with Gasteiger partial charge in [-0.3, -0.25) is 4.79 Å². The summed E-state index contributed by atoms with van der Waals surface area (Å²) in [5, 5.41) is 0. The molecule has 0 spiro atoms. The van der Waals surface area contributed by atoms with Crippen LogP contribution in [0.15, 0.2) is 41.3 Å². The van der Waals surface area contributed by atoms with Gasteiger partial charge in [-0.25, -0.2) is 13.1 Å². The highest BCUT2D eigenvalue weighted by molar-refractivity contribution is 7.89. The summed E-state index contributed by atoms with van der Waals surface area (Å²) in [5.41, 5.74) is 1.98. The van der Waals surface area contributed by atoms with E-state index in [1.165, 1.54) is 25.3 Å². The number of rotatable bonds is 8. The third-order valence-corrected chi connectivity index (χ3v) is 7.01. The third kappa shape index (κ3) is 5.23. The molecule has 3 rings (SSSR count). The number of hydrogen-bond acceptors (Lipinski definition) is 6. The van der Waals surface area contributed by atoms with E-state index in [0.717, 1.165) is 16.9 Å². The summed E-state index contributed by atoms with van der Waals surface area (Å²) < 4.78 is 45.1. The maximum absolute atomic E-state index is 13.2. The molecule has 1 N–H and O–H groups in total. The lowest BCUT2D eigenvalue weighted by Gasteiger charge is -2.27. The van der Waals surface area contributed by atoms with Gasteiger partial charge in [0.05, 0.1) is 37.9 Å². The fourth-order valence-corrected chi connectivity index (χ4v) is 5.05. The van der Waals surface area contributed by atoms with Gasteiger partial charge in [0.1, 0.15) is 11.5 Å². The summed E-state index contributed by atoms with van der Waals surface area (Å²) in [5.74, 6) is 0.797. The smallest absolute Gasteiger partial charge is 0.257 e. The zero-order valence-electron chi connectivity index (χ0n) is 18.9. The van der Waals surface area contributed by atoms with E-state index in [1.54, 1.807) is 12.0 Å². The Hall–Kier alpha value is -2.62. The molecule has 0 unspecified atom stereocenters. The van der Waals surface area contributed by atoms with Gasteiger partial charge in [-0.1, -0.05) is 19.1 Å². The monoisotopic (exact) mass is 462 g/mol. The maximum atomic E-state index is 13.2. The van der Waals surface area contributed by atoms with Crippen LogP contribution in [0.2, 0.25) is 0 Å². The normalized spacial score (nSPS) is 15.3. The van der Waals surface area contributed by atoms with Crippen LogP contribution in [-0.4, -0.2) is 59.7 Å². The molecule has 2 aromatic rings. The number of carbonyl (C=O) groups excluding carboxylic acids is 1. The fraction of sp³-hybridized carbons (Fsp3) is 0.435. The van der Waals surface area contributed by atoms with Gasteiger partial charge in [-0.15, -0.1) is 0 Å². The van der Waals surface area contributed by atoms with E-state index in [-0.39, 0.29) is 16.4 Å². The van der Waals surface area contributed by atoms with Crippen molar-refractivity contribution in [3.63, 3.8) is 0 Å². The number of hydrogen-bond donors (Lipinski definition) is 1. The number of benzene rings is 2. The highest BCUT2D eigenvalue weighted by atomic mass is 32.2. The van der Waals surface area contributed by atoms with Crippen LogP contribution in [-0.2, 0) is 14.8 Å². The van der Waals surface area contributed by atoms with Gasteiger partial charge in [0.2, 0.25) is 10.0 Å². The van der Waals surface area contributed by atoms with Crippen LogP contribution >= 0.6 is 0 Å². The topological polar surface area (TPSA) is 94.2 Å². The van der Waals surface area contributed by atoms with Crippen LogP contribution < -0.4 is 14.2 Å². The Balaban J connectivity index is 1.90. The zero-order chi connectivity index (χ0) is 23.3. The van der Waals surface area contributed by atoms with Crippen molar-refractivity contribution in [2.24, 2.45) is 0 Å². The first-order chi connectivity index (χ1) is 15.3. The van der Waals surface area contributed by atoms with Gasteiger partial charge in [0.25, 0.3) is 5.91 Å². The van der Waals surface area contributed by atoms with E-state index in [2.05, 4.69) is 4.72 Å². The standard InChI is InChI=1S/C23H30N2O6S/c1-5-20(17-6-8-21(29-3)16(2)14-17)24-32(27,28)18-7-9-22(30-4)19(15-18)23(26)25-10-12-31-13-11-25/h6-9,14-15,20,24H,5,10-13H2,1-4H3/t20-/m1/s1. The summed E-state index contributed by atoms with van der Waals surface area (Å²) in [4.78, 5) is 14.7. The molecule has 8 nitrogen and oxygen atoms in total. The Bertz CT molecular complexity index is 1060. The third-order valence-electron chi connectivity index (χ3n) is 5.54. The van der Waals surface area contributed by atoms with E-state index >= 15 is 0 Å². The van der Waals surface area contributed by atoms with Crippen molar-refractivity contribution in [1.82, 2.24) is 9.62 Å². The lowest BCUT2D eigenvalue weighted by atomic mass is 10.0. The Kier molecular flexibility index (Phi) is 7.76. The molecular formula is C23H30N2O6S. The molecular weight excluding hydrogens is 432 g/mol. The van der Waals surface area contributed by atoms with E-state index in [9.17, 15) is 13.2 Å². The Morgan fingerprint density at radius 3 is 2.34 bits per heavy atom. The highest BCUT2D eigenvalue weighted by Crippen LogP contribution is 2.28. The number of nitrogens with zero attached hydrogens (tertiary/aromatic N) is 1. The molecule has 0 aromatic heterocycles. The van der Waals surface area contributed by atoms with Crippen LogP contribution in [0.25, 0.3) is 0 Å². The SMILES string of the molecule is CC[C@@H](NS(=O)(=O)c1ccc(OC)c(C(=O)N2CCOCC2)c1)c1ccc(OC)c(C)c1. The number of sulfonamides is 1. The molecule has 0 bridgehead atoms. The zero-order valence-corrected chi connectivity index (χ0v) is 19.7. The number of carbonyl (C=O) groups is 1. The Morgan fingerprint density at radius 1 is 1.09 bits per heavy atom. The number of morpholine rings is 1. The molecule has 0 radical (unpaired) electrons. The number of aryl methyl sites for hydroxylation is 1. The Labute approximate surface area is 189 Å². The number of amides is 1. The van der Waals surface area contributed by atoms with Crippen molar-refractivity contribution in [3.05, 3.63) is 53.1 Å². The van der Waals surface area contributed by atoms with Crippen LogP contribution in [0.4, 0.5) is 0 Å². The van der Waals surface area contributed by atoms with Crippen molar-refractivity contribution >= 4 is 15.9 Å². The van der Waals surface area contributed by atoms with Gasteiger partial charge in [-0.2, -0.15) is 0 Å². The molecule has 1 atom stereocenters. The molecule has 1 aliphatic rings. The summed E-state index contributed by atoms with van der Waals surface area (Å²) in [6.45, 7) is 5.63. The Morgan fingerprint density at radius 2 is 1.75 bits per heavy atom. The first-order valence-electron chi connectivity index (χ1n) is 10.5. The molecule has 32 heavy (non-hydrogen) atoms. The van der Waals surface area contributed by atoms with Crippen LogP contribution in [0.3, 0.4) is 0 Å². The van der Waals surface area contributed by atoms with Crippen LogP contribution in [0.5, 0.6) is 11.5 Å². The highest BCUT2D eigenvalue weighted by Gasteiger charge is 2.26. The lowest BCUT2D eigenvalue weighted by Crippen LogP contribution is -2.40. The van der Waals surface area contributed by atoms with Crippen LogP contribution in [0.1, 0.15) is 40.9 Å². The molecule has 0 aliphatic carbocycles. The molecule has 1 aliphatic heterocycles. The second-order valence-corrected chi connectivity index (χ2v) is 9.29. The van der Waals surface area contributed by atoms with Gasteiger partial charge in [-0.05, 0) is 48.7 Å². The first kappa shape index (κ1) is 24.0. The molecule has 1 heterocycles. The van der Waals surface area contributed by atoms with E-state index < -0.39 is 16.1 Å². The molecule has 2 aromatic carbocycles.